The molecule has 2 aliphatic rings. The Labute approximate surface area is 234 Å². The van der Waals surface area contributed by atoms with Crippen LogP contribution in [-0.4, -0.2) is 39.6 Å². The van der Waals surface area contributed by atoms with Gasteiger partial charge < -0.3 is 15.3 Å². The van der Waals surface area contributed by atoms with Crippen LogP contribution in [0.15, 0.2) is 12.1 Å². The molecular weight excluding hydrogens is 468 g/mol. The first-order valence-corrected chi connectivity index (χ1v) is 15.3. The monoisotopic (exact) mass is 526 g/mol. The molecule has 216 valence electrons. The standard InChI is InChI=1S/C34H58N2O2/c1-12-13-19-36(25-22-32(8,9)35-33(10,11)23-25)29(38)34(17-15-14-16-18-34)24-20-26(30(2,3)4)28(37)27(21-24)31(5,6)7/h20-21,25,35,37H,12-19,22-23H2,1-11H3. The summed E-state index contributed by atoms with van der Waals surface area (Å²) in [6, 6.07) is 4.62. The lowest BCUT2D eigenvalue weighted by Gasteiger charge is -2.51. The van der Waals surface area contributed by atoms with E-state index < -0.39 is 5.41 Å². The highest BCUT2D eigenvalue weighted by molar-refractivity contribution is 5.89. The van der Waals surface area contributed by atoms with Crippen molar-refractivity contribution in [2.45, 2.75) is 167 Å². The van der Waals surface area contributed by atoms with Gasteiger partial charge in [0.15, 0.2) is 0 Å². The van der Waals surface area contributed by atoms with Crippen molar-refractivity contribution < 1.29 is 9.90 Å². The number of unbranched alkanes of at least 4 members (excludes halogenated alkanes) is 1. The van der Waals surface area contributed by atoms with Crippen molar-refractivity contribution in [3.8, 4) is 5.75 Å². The van der Waals surface area contributed by atoms with Gasteiger partial charge in [-0.3, -0.25) is 4.79 Å². The molecule has 4 nitrogen and oxygen atoms in total. The van der Waals surface area contributed by atoms with Crippen LogP contribution in [0.4, 0.5) is 0 Å². The van der Waals surface area contributed by atoms with Gasteiger partial charge in [0.25, 0.3) is 0 Å². The summed E-state index contributed by atoms with van der Waals surface area (Å²) in [5.74, 6) is 0.728. The number of aromatic hydroxyl groups is 1. The minimum atomic E-state index is -0.529. The summed E-state index contributed by atoms with van der Waals surface area (Å²) in [6.07, 6.45) is 9.18. The van der Waals surface area contributed by atoms with Crippen molar-refractivity contribution in [1.29, 1.82) is 0 Å². The molecule has 1 aliphatic heterocycles. The van der Waals surface area contributed by atoms with E-state index in [-0.39, 0.29) is 27.9 Å². The smallest absolute Gasteiger partial charge is 0.233 e. The molecule has 1 aromatic rings. The molecule has 38 heavy (non-hydrogen) atoms. The van der Waals surface area contributed by atoms with E-state index in [0.717, 1.165) is 74.6 Å². The van der Waals surface area contributed by atoms with Gasteiger partial charge in [-0.25, -0.2) is 0 Å². The molecule has 1 saturated carbocycles. The number of benzene rings is 1. The minimum absolute atomic E-state index is 0.0196. The number of nitrogens with one attached hydrogen (secondary N) is 1. The largest absolute Gasteiger partial charge is 0.507 e. The van der Waals surface area contributed by atoms with Crippen LogP contribution in [0.25, 0.3) is 0 Å². The lowest BCUT2D eigenvalue weighted by atomic mass is 9.65. The summed E-state index contributed by atoms with van der Waals surface area (Å²) < 4.78 is 0. The molecule has 0 spiro atoms. The molecule has 1 heterocycles. The number of carbonyl (C=O) groups is 1. The maximum Gasteiger partial charge on any atom is 0.233 e. The van der Waals surface area contributed by atoms with E-state index in [9.17, 15) is 5.11 Å². The number of phenols is 1. The number of nitrogens with zero attached hydrogens (tertiary/aromatic N) is 1. The first-order chi connectivity index (χ1) is 17.3. The van der Waals surface area contributed by atoms with Gasteiger partial charge in [-0.2, -0.15) is 0 Å². The van der Waals surface area contributed by atoms with Crippen LogP contribution in [-0.2, 0) is 21.0 Å². The van der Waals surface area contributed by atoms with E-state index in [2.05, 4.69) is 98.5 Å². The summed E-state index contributed by atoms with van der Waals surface area (Å²) in [4.78, 5) is 17.4. The zero-order valence-corrected chi connectivity index (χ0v) is 26.6. The van der Waals surface area contributed by atoms with Gasteiger partial charge in [0.1, 0.15) is 5.75 Å². The van der Waals surface area contributed by atoms with Gasteiger partial charge >= 0.3 is 0 Å². The summed E-state index contributed by atoms with van der Waals surface area (Å²) in [6.45, 7) is 25.2. The summed E-state index contributed by atoms with van der Waals surface area (Å²) in [5, 5.41) is 15.3. The second kappa shape index (κ2) is 10.8. The fraction of sp³-hybridized carbons (Fsp3) is 0.794. The quantitative estimate of drug-likeness (QED) is 0.393. The molecule has 1 amide bonds. The zero-order chi connectivity index (χ0) is 28.7. The Kier molecular flexibility index (Phi) is 8.80. The molecule has 0 bridgehead atoms. The number of rotatable bonds is 6. The fourth-order valence-corrected chi connectivity index (χ4v) is 7.38. The maximum atomic E-state index is 15.1. The second-order valence-corrected chi connectivity index (χ2v) is 15.9. The minimum Gasteiger partial charge on any atom is -0.507 e. The normalized spacial score (nSPS) is 21.8. The van der Waals surface area contributed by atoms with Crippen molar-refractivity contribution in [2.24, 2.45) is 0 Å². The molecule has 2 N–H and O–H groups in total. The average molecular weight is 527 g/mol. The van der Waals surface area contributed by atoms with Crippen LogP contribution < -0.4 is 5.32 Å². The molecule has 0 aromatic heterocycles. The third-order valence-corrected chi connectivity index (χ3v) is 9.02. The van der Waals surface area contributed by atoms with Crippen LogP contribution in [0.1, 0.15) is 151 Å². The summed E-state index contributed by atoms with van der Waals surface area (Å²) in [7, 11) is 0. The van der Waals surface area contributed by atoms with Gasteiger partial charge in [0, 0.05) is 23.7 Å². The number of hydrogen-bond acceptors (Lipinski definition) is 3. The van der Waals surface area contributed by atoms with Gasteiger partial charge in [0.2, 0.25) is 5.91 Å². The fourth-order valence-electron chi connectivity index (χ4n) is 7.38. The van der Waals surface area contributed by atoms with Crippen LogP contribution in [0, 0.1) is 0 Å². The molecule has 1 aliphatic carbocycles. The first kappa shape index (κ1) is 31.0. The van der Waals surface area contributed by atoms with E-state index >= 15 is 4.79 Å². The van der Waals surface area contributed by atoms with Crippen LogP contribution in [0.5, 0.6) is 5.75 Å². The number of piperidine rings is 1. The molecule has 3 rings (SSSR count). The molecule has 2 fully saturated rings. The van der Waals surface area contributed by atoms with Crippen molar-refractivity contribution in [3.05, 3.63) is 28.8 Å². The molecule has 0 unspecified atom stereocenters. The molecule has 0 radical (unpaired) electrons. The van der Waals surface area contributed by atoms with Gasteiger partial charge in [-0.15, -0.1) is 0 Å². The highest BCUT2D eigenvalue weighted by atomic mass is 16.3. The number of carbonyl (C=O) groups excluding carboxylic acids is 1. The molecule has 4 heteroatoms. The van der Waals surface area contributed by atoms with E-state index in [4.69, 9.17) is 0 Å². The molecule has 1 aromatic carbocycles. The highest BCUT2D eigenvalue weighted by Crippen LogP contribution is 2.48. The Morgan fingerprint density at radius 2 is 1.39 bits per heavy atom. The lowest BCUT2D eigenvalue weighted by Crippen LogP contribution is -2.64. The number of hydrogen-bond donors (Lipinski definition) is 2. The Morgan fingerprint density at radius 3 is 1.82 bits per heavy atom. The van der Waals surface area contributed by atoms with Crippen molar-refractivity contribution in [1.82, 2.24) is 10.2 Å². The molecule has 1 saturated heterocycles. The average Bonchev–Trinajstić information content (AvgIpc) is 2.76. The second-order valence-electron chi connectivity index (χ2n) is 15.9. The summed E-state index contributed by atoms with van der Waals surface area (Å²) in [5.41, 5.74) is 2.04. The highest BCUT2D eigenvalue weighted by Gasteiger charge is 2.48. The van der Waals surface area contributed by atoms with Gasteiger partial charge in [-0.1, -0.05) is 86.3 Å². The lowest BCUT2D eigenvalue weighted by molar-refractivity contribution is -0.143. The molecule has 0 atom stereocenters. The third kappa shape index (κ3) is 6.60. The Hall–Kier alpha value is -1.55. The number of phenolic OH excluding ortho intramolecular Hbond substituents is 1. The van der Waals surface area contributed by atoms with Crippen LogP contribution >= 0.6 is 0 Å². The Bertz CT molecular complexity index is 936. The van der Waals surface area contributed by atoms with Gasteiger partial charge in [-0.05, 0) is 87.3 Å². The predicted octanol–water partition coefficient (Wildman–Crippen LogP) is 8.13. The topological polar surface area (TPSA) is 52.6 Å². The molecular formula is C34H58N2O2. The van der Waals surface area contributed by atoms with Crippen molar-refractivity contribution in [2.75, 3.05) is 6.54 Å². The Balaban J connectivity index is 2.21. The van der Waals surface area contributed by atoms with Gasteiger partial charge in [0.05, 0.1) is 5.41 Å². The van der Waals surface area contributed by atoms with Crippen molar-refractivity contribution in [3.63, 3.8) is 0 Å². The van der Waals surface area contributed by atoms with E-state index in [0.29, 0.717) is 11.7 Å². The zero-order valence-electron chi connectivity index (χ0n) is 26.6. The number of amides is 1. The first-order valence-electron chi connectivity index (χ1n) is 15.3. The van der Waals surface area contributed by atoms with E-state index in [1.54, 1.807) is 0 Å². The van der Waals surface area contributed by atoms with Crippen molar-refractivity contribution >= 4 is 5.91 Å². The van der Waals surface area contributed by atoms with E-state index in [1.165, 1.54) is 6.42 Å². The Morgan fingerprint density at radius 1 is 0.921 bits per heavy atom. The maximum absolute atomic E-state index is 15.1. The van der Waals surface area contributed by atoms with E-state index in [1.807, 2.05) is 0 Å². The third-order valence-electron chi connectivity index (χ3n) is 9.02. The van der Waals surface area contributed by atoms with Crippen LogP contribution in [0.2, 0.25) is 0 Å². The summed E-state index contributed by atoms with van der Waals surface area (Å²) >= 11 is 0. The predicted molar refractivity (Wildman–Crippen MR) is 161 cm³/mol. The SMILES string of the molecule is CCCCN(C(=O)C1(c2cc(C(C)(C)C)c(O)c(C(C)(C)C)c2)CCCCC1)C1CC(C)(C)NC(C)(C)C1. The van der Waals surface area contributed by atoms with Crippen LogP contribution in [0.3, 0.4) is 0 Å².